The Morgan fingerprint density at radius 1 is 1.30 bits per heavy atom. The van der Waals surface area contributed by atoms with Gasteiger partial charge in [0.05, 0.1) is 25.7 Å². The molecule has 0 aliphatic carbocycles. The number of thioether (sulfide) groups is 1. The number of rotatable bonds is 4. The molecule has 1 aromatic carbocycles. The summed E-state index contributed by atoms with van der Waals surface area (Å²) < 4.78 is 10.4. The average molecular weight is 293 g/mol. The van der Waals surface area contributed by atoms with Crippen LogP contribution in [0.15, 0.2) is 28.4 Å². The molecule has 106 valence electrons. The lowest BCUT2D eigenvalue weighted by molar-refractivity contribution is -0.118. The molecular weight excluding hydrogens is 278 g/mol. The highest BCUT2D eigenvalue weighted by atomic mass is 32.2. The van der Waals surface area contributed by atoms with Crippen molar-refractivity contribution >= 4 is 29.1 Å². The van der Waals surface area contributed by atoms with E-state index >= 15 is 0 Å². The molecule has 1 heterocycles. The van der Waals surface area contributed by atoms with E-state index in [1.54, 1.807) is 32.6 Å². The molecule has 1 fully saturated rings. The third kappa shape index (κ3) is 3.30. The van der Waals surface area contributed by atoms with E-state index in [-0.39, 0.29) is 11.2 Å². The fourth-order valence-corrected chi connectivity index (χ4v) is 2.34. The SMILES string of the molecule is COc1ccc(C=NN=C2NC(=O)[C@H](C)S2)cc1OC. The predicted octanol–water partition coefficient (Wildman–Crippen LogP) is 1.65. The van der Waals surface area contributed by atoms with Crippen molar-refractivity contribution in [3.8, 4) is 11.5 Å². The molecule has 20 heavy (non-hydrogen) atoms. The monoisotopic (exact) mass is 293 g/mol. The number of benzene rings is 1. The minimum Gasteiger partial charge on any atom is -0.493 e. The van der Waals surface area contributed by atoms with E-state index in [0.29, 0.717) is 16.7 Å². The van der Waals surface area contributed by atoms with Crippen LogP contribution in [0, 0.1) is 0 Å². The van der Waals surface area contributed by atoms with Gasteiger partial charge in [-0.2, -0.15) is 5.10 Å². The van der Waals surface area contributed by atoms with Gasteiger partial charge in [0.15, 0.2) is 16.7 Å². The molecule has 6 nitrogen and oxygen atoms in total. The zero-order valence-corrected chi connectivity index (χ0v) is 12.2. The summed E-state index contributed by atoms with van der Waals surface area (Å²) in [5.41, 5.74) is 0.828. The van der Waals surface area contributed by atoms with Crippen LogP contribution in [-0.4, -0.2) is 36.8 Å². The molecule has 7 heteroatoms. The molecule has 0 spiro atoms. The second-order valence-corrected chi connectivity index (χ2v) is 5.34. The molecule has 0 bridgehead atoms. The van der Waals surface area contributed by atoms with E-state index in [2.05, 4.69) is 15.5 Å². The lowest BCUT2D eigenvalue weighted by Crippen LogP contribution is -2.23. The van der Waals surface area contributed by atoms with Crippen LogP contribution in [0.4, 0.5) is 0 Å². The lowest BCUT2D eigenvalue weighted by atomic mass is 10.2. The lowest BCUT2D eigenvalue weighted by Gasteiger charge is -2.07. The van der Waals surface area contributed by atoms with Crippen LogP contribution in [0.3, 0.4) is 0 Å². The van der Waals surface area contributed by atoms with Crippen LogP contribution < -0.4 is 14.8 Å². The third-order valence-electron chi connectivity index (χ3n) is 2.65. The summed E-state index contributed by atoms with van der Waals surface area (Å²) in [6.07, 6.45) is 1.59. The Morgan fingerprint density at radius 3 is 2.65 bits per heavy atom. The van der Waals surface area contributed by atoms with Gasteiger partial charge >= 0.3 is 0 Å². The van der Waals surface area contributed by atoms with Crippen LogP contribution in [0.5, 0.6) is 11.5 Å². The molecule has 1 atom stereocenters. The Kier molecular flexibility index (Phi) is 4.62. The first kappa shape index (κ1) is 14.4. The van der Waals surface area contributed by atoms with E-state index in [1.807, 2.05) is 13.0 Å². The molecule has 2 rings (SSSR count). The predicted molar refractivity (Wildman–Crippen MR) is 79.8 cm³/mol. The molecule has 1 aromatic rings. The van der Waals surface area contributed by atoms with Crippen LogP contribution in [0.25, 0.3) is 0 Å². The van der Waals surface area contributed by atoms with Gasteiger partial charge in [0, 0.05) is 0 Å². The van der Waals surface area contributed by atoms with E-state index in [1.165, 1.54) is 11.8 Å². The maximum absolute atomic E-state index is 11.3. The summed E-state index contributed by atoms with van der Waals surface area (Å²) in [4.78, 5) is 11.3. The van der Waals surface area contributed by atoms with Gasteiger partial charge in [0.2, 0.25) is 5.91 Å². The number of ether oxygens (including phenoxy) is 2. The Morgan fingerprint density at radius 2 is 2.05 bits per heavy atom. The van der Waals surface area contributed by atoms with Crippen molar-refractivity contribution < 1.29 is 14.3 Å². The van der Waals surface area contributed by atoms with Crippen molar-refractivity contribution in [3.63, 3.8) is 0 Å². The second-order valence-electron chi connectivity index (χ2n) is 4.01. The third-order valence-corrected chi connectivity index (χ3v) is 3.63. The van der Waals surface area contributed by atoms with Gasteiger partial charge in [-0.25, -0.2) is 0 Å². The number of amidine groups is 1. The molecule has 0 aromatic heterocycles. The summed E-state index contributed by atoms with van der Waals surface area (Å²) >= 11 is 1.35. The first-order chi connectivity index (χ1) is 9.63. The van der Waals surface area contributed by atoms with Crippen molar-refractivity contribution in [2.45, 2.75) is 12.2 Å². The number of methoxy groups -OCH3 is 2. The summed E-state index contributed by atoms with van der Waals surface area (Å²) in [6, 6.07) is 5.43. The Labute approximate surface area is 121 Å². The van der Waals surface area contributed by atoms with Crippen LogP contribution >= 0.6 is 11.8 Å². The minimum absolute atomic E-state index is 0.0462. The van der Waals surface area contributed by atoms with Gasteiger partial charge in [-0.05, 0) is 30.7 Å². The molecule has 0 radical (unpaired) electrons. The molecule has 0 saturated carbocycles. The summed E-state index contributed by atoms with van der Waals surface area (Å²) in [7, 11) is 3.16. The number of carbonyl (C=O) groups excluding carboxylic acids is 1. The standard InChI is InChI=1S/C13H15N3O3S/c1-8-12(17)15-13(20-8)16-14-7-9-4-5-10(18-2)11(6-9)19-3/h4-8H,1-3H3,(H,15,16,17)/t8-/m0/s1. The van der Waals surface area contributed by atoms with Crippen LogP contribution in [-0.2, 0) is 4.79 Å². The molecule has 1 amide bonds. The molecule has 1 N–H and O–H groups in total. The van der Waals surface area contributed by atoms with Crippen LogP contribution in [0.2, 0.25) is 0 Å². The fourth-order valence-electron chi connectivity index (χ4n) is 1.59. The summed E-state index contributed by atoms with van der Waals surface area (Å²) in [5.74, 6) is 1.24. The fraction of sp³-hybridized carbons (Fsp3) is 0.308. The quantitative estimate of drug-likeness (QED) is 0.676. The van der Waals surface area contributed by atoms with E-state index in [9.17, 15) is 4.79 Å². The van der Waals surface area contributed by atoms with E-state index < -0.39 is 0 Å². The van der Waals surface area contributed by atoms with Crippen molar-refractivity contribution in [2.75, 3.05) is 14.2 Å². The Bertz CT molecular complexity index is 572. The van der Waals surface area contributed by atoms with E-state index in [4.69, 9.17) is 9.47 Å². The summed E-state index contributed by atoms with van der Waals surface area (Å²) in [5, 5.41) is 11.0. The highest BCUT2D eigenvalue weighted by molar-refractivity contribution is 8.15. The summed E-state index contributed by atoms with van der Waals surface area (Å²) in [6.45, 7) is 1.82. The normalized spacial score (nSPS) is 20.4. The molecule has 1 aliphatic heterocycles. The van der Waals surface area contributed by atoms with Gasteiger partial charge in [0.25, 0.3) is 0 Å². The number of hydrogen-bond acceptors (Lipinski definition) is 6. The number of nitrogens with one attached hydrogen (secondary N) is 1. The minimum atomic E-state index is -0.120. The molecule has 1 aliphatic rings. The Hall–Kier alpha value is -2.02. The van der Waals surface area contributed by atoms with Gasteiger partial charge < -0.3 is 14.8 Å². The Balaban J connectivity index is 2.08. The molecular formula is C13H15N3O3S. The molecule has 1 saturated heterocycles. The second kappa shape index (κ2) is 6.42. The van der Waals surface area contributed by atoms with Crippen molar-refractivity contribution in [3.05, 3.63) is 23.8 Å². The number of carbonyl (C=O) groups is 1. The van der Waals surface area contributed by atoms with Crippen molar-refractivity contribution in [2.24, 2.45) is 10.2 Å². The highest BCUT2D eigenvalue weighted by Crippen LogP contribution is 2.26. The van der Waals surface area contributed by atoms with Crippen LogP contribution in [0.1, 0.15) is 12.5 Å². The van der Waals surface area contributed by atoms with Gasteiger partial charge in [-0.1, -0.05) is 11.8 Å². The van der Waals surface area contributed by atoms with Gasteiger partial charge in [-0.3, -0.25) is 4.79 Å². The molecule has 0 unspecified atom stereocenters. The van der Waals surface area contributed by atoms with Gasteiger partial charge in [-0.15, -0.1) is 5.10 Å². The smallest absolute Gasteiger partial charge is 0.239 e. The average Bonchev–Trinajstić information content (AvgIpc) is 2.77. The number of hydrogen-bond donors (Lipinski definition) is 1. The largest absolute Gasteiger partial charge is 0.493 e. The van der Waals surface area contributed by atoms with Gasteiger partial charge in [0.1, 0.15) is 0 Å². The maximum Gasteiger partial charge on any atom is 0.239 e. The maximum atomic E-state index is 11.3. The zero-order valence-electron chi connectivity index (χ0n) is 11.4. The van der Waals surface area contributed by atoms with Crippen molar-refractivity contribution in [1.29, 1.82) is 0 Å². The number of nitrogens with zero attached hydrogens (tertiary/aromatic N) is 2. The first-order valence-corrected chi connectivity index (χ1v) is 6.82. The van der Waals surface area contributed by atoms with Crippen molar-refractivity contribution in [1.82, 2.24) is 5.32 Å². The highest BCUT2D eigenvalue weighted by Gasteiger charge is 2.25. The first-order valence-electron chi connectivity index (χ1n) is 5.94. The zero-order chi connectivity index (χ0) is 14.5. The van der Waals surface area contributed by atoms with E-state index in [0.717, 1.165) is 5.56 Å². The topological polar surface area (TPSA) is 72.3 Å². The number of amides is 1.